The van der Waals surface area contributed by atoms with Crippen LogP contribution in [0.5, 0.6) is 0 Å². The zero-order valence-corrected chi connectivity index (χ0v) is 8.38. The molecule has 0 saturated heterocycles. The maximum atomic E-state index is 3.84. The van der Waals surface area contributed by atoms with E-state index in [1.165, 1.54) is 23.1 Å². The smallest absolute Gasteiger partial charge is 0.00930 e. The molecule has 68 valence electrons. The molecule has 0 bridgehead atoms. The van der Waals surface area contributed by atoms with Gasteiger partial charge < -0.3 is 0 Å². The molecule has 1 aromatic rings. The van der Waals surface area contributed by atoms with Crippen LogP contribution in [0.15, 0.2) is 30.9 Å². The summed E-state index contributed by atoms with van der Waals surface area (Å²) in [6.07, 6.45) is 3.38. The molecule has 0 aliphatic heterocycles. The molecule has 0 heteroatoms. The van der Waals surface area contributed by atoms with E-state index in [0.29, 0.717) is 0 Å². The Morgan fingerprint density at radius 1 is 1.31 bits per heavy atom. The van der Waals surface area contributed by atoms with Crippen molar-refractivity contribution in [1.29, 1.82) is 0 Å². The number of allylic oxidation sites excluding steroid dienone is 1. The van der Waals surface area contributed by atoms with Crippen LogP contribution in [-0.2, 0) is 0 Å². The Kier molecular flexibility index (Phi) is 1.99. The fourth-order valence-corrected chi connectivity index (χ4v) is 1.85. The number of aryl methyl sites for hydroxylation is 2. The summed E-state index contributed by atoms with van der Waals surface area (Å²) in [7, 11) is 0. The van der Waals surface area contributed by atoms with Gasteiger partial charge in [-0.3, -0.25) is 0 Å². The molecule has 1 saturated carbocycles. The fourth-order valence-electron chi connectivity index (χ4n) is 1.85. The van der Waals surface area contributed by atoms with Gasteiger partial charge in [-0.1, -0.05) is 24.3 Å². The Labute approximate surface area is 80.3 Å². The van der Waals surface area contributed by atoms with Crippen molar-refractivity contribution in [1.82, 2.24) is 0 Å². The molecule has 0 radical (unpaired) electrons. The monoisotopic (exact) mass is 172 g/mol. The Morgan fingerprint density at radius 2 is 2.08 bits per heavy atom. The van der Waals surface area contributed by atoms with Crippen molar-refractivity contribution in [3.63, 3.8) is 0 Å². The van der Waals surface area contributed by atoms with Crippen molar-refractivity contribution in [2.45, 2.75) is 26.2 Å². The quantitative estimate of drug-likeness (QED) is 0.598. The van der Waals surface area contributed by atoms with Gasteiger partial charge in [0.1, 0.15) is 0 Å². The van der Waals surface area contributed by atoms with Crippen molar-refractivity contribution >= 4 is 0 Å². The van der Waals surface area contributed by atoms with Crippen LogP contribution < -0.4 is 0 Å². The third-order valence-electron chi connectivity index (χ3n) is 3.10. The van der Waals surface area contributed by atoms with Gasteiger partial charge in [0.25, 0.3) is 0 Å². The molecule has 0 heterocycles. The standard InChI is InChI=1S/C13H16/c1-4-11-8-13(11)12-6-5-9(2)10(3)7-12/h4-7,11,13H,1,8H2,2-3H3/t11-,13+/m1/s1. The van der Waals surface area contributed by atoms with Crippen LogP contribution in [-0.4, -0.2) is 0 Å². The van der Waals surface area contributed by atoms with E-state index in [1.807, 2.05) is 0 Å². The van der Waals surface area contributed by atoms with Crippen LogP contribution in [0.2, 0.25) is 0 Å². The average molecular weight is 172 g/mol. The Balaban J connectivity index is 2.23. The molecule has 1 aromatic carbocycles. The van der Waals surface area contributed by atoms with Crippen molar-refractivity contribution in [3.05, 3.63) is 47.5 Å². The van der Waals surface area contributed by atoms with E-state index in [9.17, 15) is 0 Å². The number of hydrogen-bond acceptors (Lipinski definition) is 0. The molecule has 0 nitrogen and oxygen atoms in total. The molecule has 1 aliphatic rings. The first-order chi connectivity index (χ1) is 6.22. The lowest BCUT2D eigenvalue weighted by Crippen LogP contribution is -1.86. The molecule has 13 heavy (non-hydrogen) atoms. The van der Waals surface area contributed by atoms with Crippen LogP contribution in [0.3, 0.4) is 0 Å². The van der Waals surface area contributed by atoms with Crippen LogP contribution in [0.1, 0.15) is 29.0 Å². The third-order valence-corrected chi connectivity index (χ3v) is 3.10. The summed E-state index contributed by atoms with van der Waals surface area (Å²) in [5.74, 6) is 1.50. The van der Waals surface area contributed by atoms with Gasteiger partial charge in [-0.15, -0.1) is 6.58 Å². The maximum absolute atomic E-state index is 3.84. The number of benzene rings is 1. The number of hydrogen-bond donors (Lipinski definition) is 0. The van der Waals surface area contributed by atoms with Crippen LogP contribution >= 0.6 is 0 Å². The molecule has 0 unspecified atom stereocenters. The second-order valence-electron chi connectivity index (χ2n) is 4.09. The topological polar surface area (TPSA) is 0 Å². The largest absolute Gasteiger partial charge is 0.103 e. The Hall–Kier alpha value is -1.04. The lowest BCUT2D eigenvalue weighted by Gasteiger charge is -2.03. The van der Waals surface area contributed by atoms with Gasteiger partial charge >= 0.3 is 0 Å². The Morgan fingerprint density at radius 3 is 2.62 bits per heavy atom. The van der Waals surface area contributed by atoms with Gasteiger partial charge in [-0.2, -0.15) is 0 Å². The molecule has 0 spiro atoms. The van der Waals surface area contributed by atoms with Crippen LogP contribution in [0.4, 0.5) is 0 Å². The van der Waals surface area contributed by atoms with Gasteiger partial charge in [-0.25, -0.2) is 0 Å². The highest BCUT2D eigenvalue weighted by atomic mass is 14.4. The molecule has 0 amide bonds. The summed E-state index contributed by atoms with van der Waals surface area (Å²) in [4.78, 5) is 0. The van der Waals surface area contributed by atoms with Crippen molar-refractivity contribution in [3.8, 4) is 0 Å². The molecule has 1 fully saturated rings. The molecule has 2 atom stereocenters. The minimum absolute atomic E-state index is 0.738. The summed E-state index contributed by atoms with van der Waals surface area (Å²) in [6, 6.07) is 6.81. The summed E-state index contributed by atoms with van der Waals surface area (Å²) >= 11 is 0. The van der Waals surface area contributed by atoms with Crippen LogP contribution in [0.25, 0.3) is 0 Å². The highest BCUT2D eigenvalue weighted by Crippen LogP contribution is 2.48. The summed E-state index contributed by atoms with van der Waals surface area (Å²) in [5.41, 5.74) is 4.29. The van der Waals surface area contributed by atoms with E-state index in [-0.39, 0.29) is 0 Å². The average Bonchev–Trinajstić information content (AvgIpc) is 2.88. The molecule has 1 aliphatic carbocycles. The predicted octanol–water partition coefficient (Wildman–Crippen LogP) is 3.59. The molecule has 0 N–H and O–H groups in total. The first kappa shape index (κ1) is 8.55. The molecule has 0 aromatic heterocycles. The molecule has 2 rings (SSSR count). The highest BCUT2D eigenvalue weighted by Gasteiger charge is 2.35. The molecular weight excluding hydrogens is 156 g/mol. The van der Waals surface area contributed by atoms with E-state index < -0.39 is 0 Å². The van der Waals surface area contributed by atoms with Gasteiger partial charge in [0.05, 0.1) is 0 Å². The van der Waals surface area contributed by atoms with E-state index in [2.05, 4.69) is 44.7 Å². The lowest BCUT2D eigenvalue weighted by molar-refractivity contribution is 1.01. The zero-order chi connectivity index (χ0) is 9.42. The minimum atomic E-state index is 0.738. The normalized spacial score (nSPS) is 25.7. The molecular formula is C13H16. The van der Waals surface area contributed by atoms with E-state index in [1.54, 1.807) is 0 Å². The van der Waals surface area contributed by atoms with Gasteiger partial charge in [-0.05, 0) is 48.8 Å². The summed E-state index contributed by atoms with van der Waals surface area (Å²) in [6.45, 7) is 8.19. The van der Waals surface area contributed by atoms with Crippen molar-refractivity contribution in [2.24, 2.45) is 5.92 Å². The first-order valence-electron chi connectivity index (χ1n) is 4.92. The maximum Gasteiger partial charge on any atom is -0.00930 e. The van der Waals surface area contributed by atoms with Gasteiger partial charge in [0, 0.05) is 0 Å². The second kappa shape index (κ2) is 3.02. The summed E-state index contributed by atoms with van der Waals surface area (Å²) < 4.78 is 0. The van der Waals surface area contributed by atoms with E-state index >= 15 is 0 Å². The third kappa shape index (κ3) is 1.53. The lowest BCUT2D eigenvalue weighted by atomic mass is 10.0. The SMILES string of the molecule is C=C[C@@H]1C[C@@H]1c1ccc(C)c(C)c1. The van der Waals surface area contributed by atoms with E-state index in [4.69, 9.17) is 0 Å². The predicted molar refractivity (Wildman–Crippen MR) is 57.0 cm³/mol. The van der Waals surface area contributed by atoms with Gasteiger partial charge in [0.2, 0.25) is 0 Å². The van der Waals surface area contributed by atoms with Gasteiger partial charge in [0.15, 0.2) is 0 Å². The van der Waals surface area contributed by atoms with Crippen LogP contribution in [0, 0.1) is 19.8 Å². The van der Waals surface area contributed by atoms with Crippen molar-refractivity contribution < 1.29 is 0 Å². The van der Waals surface area contributed by atoms with E-state index in [0.717, 1.165) is 11.8 Å². The summed E-state index contributed by atoms with van der Waals surface area (Å²) in [5, 5.41) is 0. The highest BCUT2D eigenvalue weighted by molar-refractivity contribution is 5.35. The number of rotatable bonds is 2. The Bertz CT molecular complexity index is 336. The first-order valence-corrected chi connectivity index (χ1v) is 4.92. The fraction of sp³-hybridized carbons (Fsp3) is 0.385. The second-order valence-corrected chi connectivity index (χ2v) is 4.09. The minimum Gasteiger partial charge on any atom is -0.103 e. The van der Waals surface area contributed by atoms with Crippen molar-refractivity contribution in [2.75, 3.05) is 0 Å². The zero-order valence-electron chi connectivity index (χ0n) is 8.38.